The minimum Gasteiger partial charge on any atom is -0.244 e. The lowest BCUT2D eigenvalue weighted by Crippen LogP contribution is -2.20. The summed E-state index contributed by atoms with van der Waals surface area (Å²) in [4.78, 5) is 0.839. The Morgan fingerprint density at radius 1 is 0.920 bits per heavy atom. The molecule has 1 aliphatic heterocycles. The van der Waals surface area contributed by atoms with Crippen LogP contribution in [0.4, 0.5) is 5.69 Å². The molecule has 3 heteroatoms. The quantitative estimate of drug-likeness (QED) is 0.616. The molecule has 0 saturated carbocycles. The van der Waals surface area contributed by atoms with E-state index >= 15 is 0 Å². The van der Waals surface area contributed by atoms with Crippen LogP contribution in [0.2, 0.25) is 0 Å². The molecule has 0 aliphatic carbocycles. The molecule has 3 aromatic carbocycles. The fourth-order valence-electron chi connectivity index (χ4n) is 3.44. The topological polar surface area (TPSA) is 29.4 Å². The van der Waals surface area contributed by atoms with E-state index in [4.69, 9.17) is 4.36 Å². The number of aryl methyl sites for hydroxylation is 1. The van der Waals surface area contributed by atoms with Gasteiger partial charge in [-0.15, -0.1) is 0 Å². The predicted molar refractivity (Wildman–Crippen MR) is 104 cm³/mol. The number of rotatable bonds is 3. The fraction of sp³-hybridized carbons (Fsp3) is 0.182. The van der Waals surface area contributed by atoms with Crippen molar-refractivity contribution in [1.82, 2.24) is 0 Å². The summed E-state index contributed by atoms with van der Waals surface area (Å²) in [5.74, 6) is 0.784. The van der Waals surface area contributed by atoms with E-state index < -0.39 is 9.73 Å². The highest BCUT2D eigenvalue weighted by atomic mass is 32.2. The molecule has 1 unspecified atom stereocenters. The first-order valence-corrected chi connectivity index (χ1v) is 10.3. The Morgan fingerprint density at radius 3 is 2.36 bits per heavy atom. The molecule has 126 valence electrons. The summed E-state index contributed by atoms with van der Waals surface area (Å²) < 4.78 is 18.4. The van der Waals surface area contributed by atoms with E-state index in [0.29, 0.717) is 5.75 Å². The second kappa shape index (κ2) is 6.49. The maximum atomic E-state index is 13.7. The molecule has 0 fully saturated rings. The van der Waals surface area contributed by atoms with Gasteiger partial charge in [-0.05, 0) is 42.7 Å². The first-order chi connectivity index (χ1) is 12.1. The molecule has 1 aliphatic rings. The standard InChI is InChI=1S/C22H21NOS/c1-17-11-13-20(14-12-17)25(24)16-19(15-18-7-3-2-4-8-18)21-9-5-6-10-22(21)23-25/h2-14,19H,15-16H2,1H3/t19-,25?/m0/s1. The third-order valence-electron chi connectivity index (χ3n) is 4.76. The number of nitrogens with zero attached hydrogens (tertiary/aromatic N) is 1. The molecule has 2 atom stereocenters. The molecule has 3 aromatic rings. The van der Waals surface area contributed by atoms with Crippen LogP contribution in [0.1, 0.15) is 22.6 Å². The van der Waals surface area contributed by atoms with Crippen LogP contribution < -0.4 is 0 Å². The van der Waals surface area contributed by atoms with Crippen LogP contribution in [-0.2, 0) is 16.1 Å². The molecule has 0 bridgehead atoms. The van der Waals surface area contributed by atoms with E-state index in [1.807, 2.05) is 55.5 Å². The summed E-state index contributed by atoms with van der Waals surface area (Å²) in [6.45, 7) is 2.04. The highest BCUT2D eigenvalue weighted by Crippen LogP contribution is 2.38. The normalized spacial score (nSPS) is 22.0. The SMILES string of the molecule is Cc1ccc(S2(=O)=Nc3ccccc3[C@@H](Cc3ccccc3)C2)cc1. The van der Waals surface area contributed by atoms with Gasteiger partial charge >= 0.3 is 0 Å². The molecule has 1 heterocycles. The molecule has 4 rings (SSSR count). The van der Waals surface area contributed by atoms with Gasteiger partial charge < -0.3 is 0 Å². The van der Waals surface area contributed by atoms with Crippen LogP contribution in [0.5, 0.6) is 0 Å². The lowest BCUT2D eigenvalue weighted by atomic mass is 9.92. The lowest BCUT2D eigenvalue weighted by molar-refractivity contribution is 0.660. The summed E-state index contributed by atoms with van der Waals surface area (Å²) in [7, 11) is -2.44. The molecular weight excluding hydrogens is 326 g/mol. The maximum absolute atomic E-state index is 13.7. The largest absolute Gasteiger partial charge is 0.244 e. The van der Waals surface area contributed by atoms with Gasteiger partial charge in [-0.2, -0.15) is 4.36 Å². The first-order valence-electron chi connectivity index (χ1n) is 8.58. The van der Waals surface area contributed by atoms with Crippen molar-refractivity contribution >= 4 is 15.4 Å². The summed E-state index contributed by atoms with van der Waals surface area (Å²) >= 11 is 0. The molecule has 0 spiro atoms. The molecule has 0 radical (unpaired) electrons. The van der Waals surface area contributed by atoms with Crippen LogP contribution in [0.25, 0.3) is 0 Å². The molecule has 0 aromatic heterocycles. The molecule has 2 nitrogen and oxygen atoms in total. The Morgan fingerprint density at radius 2 is 1.60 bits per heavy atom. The first kappa shape index (κ1) is 16.1. The number of fused-ring (bicyclic) bond motifs is 1. The highest BCUT2D eigenvalue weighted by Gasteiger charge is 2.28. The van der Waals surface area contributed by atoms with Crippen LogP contribution in [0, 0.1) is 6.92 Å². The Balaban J connectivity index is 1.79. The smallest absolute Gasteiger partial charge is 0.0806 e. The summed E-state index contributed by atoms with van der Waals surface area (Å²) in [5, 5.41) is 0. The predicted octanol–water partition coefficient (Wildman–Crippen LogP) is 5.49. The third kappa shape index (κ3) is 3.24. The summed E-state index contributed by atoms with van der Waals surface area (Å²) in [6.07, 6.45) is 0.885. The minimum atomic E-state index is -2.44. The molecule has 0 N–H and O–H groups in total. The Bertz CT molecular complexity index is 1000. The summed E-state index contributed by atoms with van der Waals surface area (Å²) in [6, 6.07) is 26.5. The molecule has 0 saturated heterocycles. The van der Waals surface area contributed by atoms with Gasteiger partial charge in [0.1, 0.15) is 0 Å². The van der Waals surface area contributed by atoms with Gasteiger partial charge in [0, 0.05) is 16.6 Å². The van der Waals surface area contributed by atoms with E-state index in [1.54, 1.807) is 0 Å². The Kier molecular flexibility index (Phi) is 4.18. The monoisotopic (exact) mass is 347 g/mol. The van der Waals surface area contributed by atoms with Crippen molar-refractivity contribution in [3.8, 4) is 0 Å². The Labute approximate surface area is 149 Å². The second-order valence-electron chi connectivity index (χ2n) is 6.66. The van der Waals surface area contributed by atoms with Gasteiger partial charge in [0.05, 0.1) is 15.4 Å². The third-order valence-corrected chi connectivity index (χ3v) is 7.12. The average Bonchev–Trinajstić information content (AvgIpc) is 2.63. The van der Waals surface area contributed by atoms with Crippen molar-refractivity contribution in [1.29, 1.82) is 0 Å². The van der Waals surface area contributed by atoms with Crippen molar-refractivity contribution in [3.05, 3.63) is 95.6 Å². The Hall–Kier alpha value is -2.39. The van der Waals surface area contributed by atoms with E-state index in [0.717, 1.165) is 17.0 Å². The maximum Gasteiger partial charge on any atom is 0.0806 e. The second-order valence-corrected chi connectivity index (χ2v) is 8.93. The zero-order chi connectivity index (χ0) is 17.3. The molecular formula is C22H21NOS. The van der Waals surface area contributed by atoms with Crippen LogP contribution >= 0.6 is 0 Å². The number of hydrogen-bond acceptors (Lipinski definition) is 2. The van der Waals surface area contributed by atoms with E-state index in [9.17, 15) is 4.21 Å². The molecule has 25 heavy (non-hydrogen) atoms. The molecule has 0 amide bonds. The van der Waals surface area contributed by atoms with Gasteiger partial charge in [-0.1, -0.05) is 66.2 Å². The average molecular weight is 347 g/mol. The lowest BCUT2D eigenvalue weighted by Gasteiger charge is -2.26. The van der Waals surface area contributed by atoms with Crippen molar-refractivity contribution in [2.24, 2.45) is 4.36 Å². The number of hydrogen-bond donors (Lipinski definition) is 0. The zero-order valence-electron chi connectivity index (χ0n) is 14.3. The van der Waals surface area contributed by atoms with E-state index in [2.05, 4.69) is 30.3 Å². The van der Waals surface area contributed by atoms with Gasteiger partial charge in [0.2, 0.25) is 0 Å². The van der Waals surface area contributed by atoms with Gasteiger partial charge in [0.15, 0.2) is 0 Å². The van der Waals surface area contributed by atoms with Crippen LogP contribution in [0.15, 0.2) is 88.1 Å². The van der Waals surface area contributed by atoms with Crippen molar-refractivity contribution in [3.63, 3.8) is 0 Å². The van der Waals surface area contributed by atoms with Gasteiger partial charge in [-0.25, -0.2) is 4.21 Å². The highest BCUT2D eigenvalue weighted by molar-refractivity contribution is 7.93. The summed E-state index contributed by atoms with van der Waals surface area (Å²) in [5.41, 5.74) is 4.52. The van der Waals surface area contributed by atoms with Crippen LogP contribution in [-0.4, -0.2) is 9.96 Å². The zero-order valence-corrected chi connectivity index (χ0v) is 15.1. The fourth-order valence-corrected chi connectivity index (χ4v) is 5.70. The minimum absolute atomic E-state index is 0.213. The van der Waals surface area contributed by atoms with Crippen molar-refractivity contribution < 1.29 is 4.21 Å². The number of benzene rings is 3. The van der Waals surface area contributed by atoms with Crippen LogP contribution in [0.3, 0.4) is 0 Å². The van der Waals surface area contributed by atoms with Gasteiger partial charge in [-0.3, -0.25) is 0 Å². The van der Waals surface area contributed by atoms with Crippen molar-refractivity contribution in [2.75, 3.05) is 5.75 Å². The van der Waals surface area contributed by atoms with Gasteiger partial charge in [0.25, 0.3) is 0 Å². The van der Waals surface area contributed by atoms with E-state index in [1.165, 1.54) is 16.7 Å². The van der Waals surface area contributed by atoms with Crippen molar-refractivity contribution in [2.45, 2.75) is 24.2 Å². The van der Waals surface area contributed by atoms with E-state index in [-0.39, 0.29) is 5.92 Å².